The van der Waals surface area contributed by atoms with Gasteiger partial charge in [-0.2, -0.15) is 0 Å². The molecule has 5 heteroatoms. The number of hydrogen-bond acceptors (Lipinski definition) is 3. The Kier molecular flexibility index (Phi) is 6.23. The van der Waals surface area contributed by atoms with E-state index in [-0.39, 0.29) is 12.3 Å². The average Bonchev–Trinajstić information content (AvgIpc) is 3.23. The van der Waals surface area contributed by atoms with Gasteiger partial charge in [0.05, 0.1) is 17.8 Å². The number of pyridine rings is 1. The van der Waals surface area contributed by atoms with Crippen LogP contribution >= 0.6 is 0 Å². The van der Waals surface area contributed by atoms with Crippen LogP contribution in [0.4, 0.5) is 5.69 Å². The summed E-state index contributed by atoms with van der Waals surface area (Å²) in [6.45, 7) is 7.45. The zero-order chi connectivity index (χ0) is 24.4. The molecule has 5 rings (SSSR count). The molecule has 0 saturated carbocycles. The molecule has 0 saturated heterocycles. The van der Waals surface area contributed by atoms with Crippen molar-refractivity contribution in [3.8, 4) is 11.3 Å². The molecule has 0 bridgehead atoms. The van der Waals surface area contributed by atoms with E-state index < -0.39 is 0 Å². The highest BCUT2D eigenvalue weighted by atomic mass is 16.1. The summed E-state index contributed by atoms with van der Waals surface area (Å²) in [6, 6.07) is 24.9. The van der Waals surface area contributed by atoms with Gasteiger partial charge in [0.25, 0.3) is 0 Å². The van der Waals surface area contributed by atoms with Gasteiger partial charge in [-0.05, 0) is 61.0 Å². The van der Waals surface area contributed by atoms with Crippen molar-refractivity contribution < 1.29 is 4.79 Å². The molecule has 0 aliphatic heterocycles. The number of amides is 1. The molecule has 2 N–H and O–H groups in total. The van der Waals surface area contributed by atoms with Crippen LogP contribution in [0, 0.1) is 20.8 Å². The summed E-state index contributed by atoms with van der Waals surface area (Å²) in [4.78, 5) is 17.9. The number of fused-ring (bicyclic) bond motifs is 2. The largest absolute Gasteiger partial charge is 0.383 e. The Morgan fingerprint density at radius 1 is 0.857 bits per heavy atom. The third kappa shape index (κ3) is 4.62. The molecular formula is C30H30N4O. The number of carbonyl (C=O) groups excluding carboxylic acids is 1. The van der Waals surface area contributed by atoms with Gasteiger partial charge in [0.2, 0.25) is 5.91 Å². The predicted molar refractivity (Wildman–Crippen MR) is 144 cm³/mol. The number of benzene rings is 3. The quantitative estimate of drug-likeness (QED) is 0.298. The van der Waals surface area contributed by atoms with Crippen LogP contribution in [0.5, 0.6) is 0 Å². The van der Waals surface area contributed by atoms with Gasteiger partial charge in [-0.25, -0.2) is 4.98 Å². The van der Waals surface area contributed by atoms with Crippen molar-refractivity contribution in [2.24, 2.45) is 0 Å². The van der Waals surface area contributed by atoms with Gasteiger partial charge in [-0.3, -0.25) is 4.79 Å². The standard InChI is InChI=1S/C30H30N4O/c1-20-13-14-24(18-22(20)3)29-27(34-17-7-8-21(2)30(34)33-29)19-28(35)32-16-15-31-26-12-6-10-23-9-4-5-11-25(23)26/h4-14,17-18,31H,15-16,19H2,1-3H3,(H,32,35). The van der Waals surface area contributed by atoms with E-state index in [1.165, 1.54) is 21.9 Å². The van der Waals surface area contributed by atoms with Gasteiger partial charge in [0, 0.05) is 35.9 Å². The molecule has 1 amide bonds. The zero-order valence-electron chi connectivity index (χ0n) is 20.4. The number of nitrogens with zero attached hydrogens (tertiary/aromatic N) is 2. The van der Waals surface area contributed by atoms with E-state index in [9.17, 15) is 4.79 Å². The third-order valence-corrected chi connectivity index (χ3v) is 6.60. The van der Waals surface area contributed by atoms with Gasteiger partial charge in [-0.1, -0.05) is 54.6 Å². The highest BCUT2D eigenvalue weighted by Gasteiger charge is 2.18. The summed E-state index contributed by atoms with van der Waals surface area (Å²) in [5.74, 6) is -0.0156. The summed E-state index contributed by atoms with van der Waals surface area (Å²) < 4.78 is 2.05. The number of nitrogens with one attached hydrogen (secondary N) is 2. The van der Waals surface area contributed by atoms with E-state index in [0.29, 0.717) is 13.1 Å². The normalized spacial score (nSPS) is 11.2. The van der Waals surface area contributed by atoms with E-state index in [0.717, 1.165) is 33.8 Å². The third-order valence-electron chi connectivity index (χ3n) is 6.60. The van der Waals surface area contributed by atoms with Crippen LogP contribution in [0.25, 0.3) is 27.7 Å². The van der Waals surface area contributed by atoms with Crippen molar-refractivity contribution in [3.05, 3.63) is 101 Å². The smallest absolute Gasteiger partial charge is 0.226 e. The van der Waals surface area contributed by atoms with Crippen molar-refractivity contribution in [3.63, 3.8) is 0 Å². The van der Waals surface area contributed by atoms with Crippen LogP contribution in [0.1, 0.15) is 22.4 Å². The van der Waals surface area contributed by atoms with Crippen molar-refractivity contribution in [2.75, 3.05) is 18.4 Å². The van der Waals surface area contributed by atoms with E-state index in [1.54, 1.807) is 0 Å². The summed E-state index contributed by atoms with van der Waals surface area (Å²) >= 11 is 0. The lowest BCUT2D eigenvalue weighted by Crippen LogP contribution is -2.30. The lowest BCUT2D eigenvalue weighted by atomic mass is 10.0. The number of anilines is 1. The minimum Gasteiger partial charge on any atom is -0.383 e. The van der Waals surface area contributed by atoms with Crippen LogP contribution in [0.2, 0.25) is 0 Å². The Labute approximate surface area is 205 Å². The SMILES string of the molecule is Cc1ccc(-c2nc3c(C)cccn3c2CC(=O)NCCNc2cccc3ccccc23)cc1C. The fourth-order valence-corrected chi connectivity index (χ4v) is 4.53. The Hall–Kier alpha value is -4.12. The topological polar surface area (TPSA) is 58.4 Å². The van der Waals surface area contributed by atoms with Gasteiger partial charge in [-0.15, -0.1) is 0 Å². The maximum Gasteiger partial charge on any atom is 0.226 e. The van der Waals surface area contributed by atoms with Crippen molar-refractivity contribution >= 4 is 28.0 Å². The molecule has 5 nitrogen and oxygen atoms in total. The van der Waals surface area contributed by atoms with Crippen LogP contribution in [0.3, 0.4) is 0 Å². The molecule has 0 fully saturated rings. The van der Waals surface area contributed by atoms with E-state index in [2.05, 4.69) is 79.9 Å². The number of hydrogen-bond donors (Lipinski definition) is 2. The molecule has 0 unspecified atom stereocenters. The first-order valence-corrected chi connectivity index (χ1v) is 12.0. The van der Waals surface area contributed by atoms with E-state index >= 15 is 0 Å². The summed E-state index contributed by atoms with van der Waals surface area (Å²) in [6.07, 6.45) is 2.26. The monoisotopic (exact) mass is 462 g/mol. The lowest BCUT2D eigenvalue weighted by Gasteiger charge is -2.11. The van der Waals surface area contributed by atoms with Crippen LogP contribution < -0.4 is 10.6 Å². The molecule has 0 aliphatic carbocycles. The van der Waals surface area contributed by atoms with E-state index in [1.807, 2.05) is 34.9 Å². The molecular weight excluding hydrogens is 432 g/mol. The maximum atomic E-state index is 13.0. The van der Waals surface area contributed by atoms with Crippen molar-refractivity contribution in [2.45, 2.75) is 27.2 Å². The summed E-state index contributed by atoms with van der Waals surface area (Å²) in [7, 11) is 0. The van der Waals surface area contributed by atoms with Crippen molar-refractivity contribution in [1.82, 2.24) is 14.7 Å². The van der Waals surface area contributed by atoms with Crippen LogP contribution in [-0.4, -0.2) is 28.4 Å². The summed E-state index contributed by atoms with van der Waals surface area (Å²) in [5, 5.41) is 8.91. The first kappa shape index (κ1) is 22.7. The predicted octanol–water partition coefficient (Wildman–Crippen LogP) is 5.85. The molecule has 0 aliphatic rings. The molecule has 0 spiro atoms. The maximum absolute atomic E-state index is 13.0. The molecule has 2 heterocycles. The Morgan fingerprint density at radius 3 is 2.54 bits per heavy atom. The van der Waals surface area contributed by atoms with Gasteiger partial charge in [0.1, 0.15) is 5.65 Å². The zero-order valence-corrected chi connectivity index (χ0v) is 20.4. The number of imidazole rings is 1. The first-order valence-electron chi connectivity index (χ1n) is 12.0. The number of aromatic nitrogens is 2. The van der Waals surface area contributed by atoms with Gasteiger partial charge < -0.3 is 15.0 Å². The second-order valence-electron chi connectivity index (χ2n) is 9.07. The molecule has 2 aromatic heterocycles. The van der Waals surface area contributed by atoms with Crippen LogP contribution in [0.15, 0.2) is 79.0 Å². The van der Waals surface area contributed by atoms with Crippen LogP contribution in [-0.2, 0) is 11.2 Å². The number of carbonyl (C=O) groups is 1. The molecule has 5 aromatic rings. The molecule has 35 heavy (non-hydrogen) atoms. The Morgan fingerprint density at radius 2 is 1.69 bits per heavy atom. The van der Waals surface area contributed by atoms with Crippen molar-refractivity contribution in [1.29, 1.82) is 0 Å². The second-order valence-corrected chi connectivity index (χ2v) is 9.07. The Balaban J connectivity index is 1.32. The van der Waals surface area contributed by atoms with E-state index in [4.69, 9.17) is 4.98 Å². The summed E-state index contributed by atoms with van der Waals surface area (Å²) in [5.41, 5.74) is 8.32. The van der Waals surface area contributed by atoms with Gasteiger partial charge >= 0.3 is 0 Å². The molecule has 176 valence electrons. The molecule has 3 aromatic carbocycles. The first-order chi connectivity index (χ1) is 17.0. The molecule has 0 atom stereocenters. The fraction of sp³-hybridized carbons (Fsp3) is 0.200. The molecule has 0 radical (unpaired) electrons. The number of aryl methyl sites for hydroxylation is 3. The minimum absolute atomic E-state index is 0.0156. The Bertz CT molecular complexity index is 1530. The minimum atomic E-state index is -0.0156. The van der Waals surface area contributed by atoms with Gasteiger partial charge in [0.15, 0.2) is 0 Å². The fourth-order valence-electron chi connectivity index (χ4n) is 4.53. The second kappa shape index (κ2) is 9.63. The average molecular weight is 463 g/mol. The highest BCUT2D eigenvalue weighted by Crippen LogP contribution is 2.28. The lowest BCUT2D eigenvalue weighted by molar-refractivity contribution is -0.120. The number of rotatable bonds is 7. The highest BCUT2D eigenvalue weighted by molar-refractivity contribution is 5.93.